The summed E-state index contributed by atoms with van der Waals surface area (Å²) >= 11 is 0. The molecule has 122 valence electrons. The lowest BCUT2D eigenvalue weighted by Gasteiger charge is -2.31. The first-order valence-electron chi connectivity index (χ1n) is 7.78. The third kappa shape index (κ3) is 2.23. The van der Waals surface area contributed by atoms with Gasteiger partial charge in [-0.3, -0.25) is 4.79 Å². The third-order valence-corrected chi connectivity index (χ3v) is 4.35. The summed E-state index contributed by atoms with van der Waals surface area (Å²) in [5.74, 6) is 0. The number of fused-ring (bicyclic) bond motifs is 2. The summed E-state index contributed by atoms with van der Waals surface area (Å²) < 4.78 is 1.41. The van der Waals surface area contributed by atoms with Crippen LogP contribution in [0.15, 0.2) is 27.3 Å². The Hall–Kier alpha value is -2.86. The minimum atomic E-state index is -1.04. The van der Waals surface area contributed by atoms with Crippen LogP contribution in [0.2, 0.25) is 0 Å². The summed E-state index contributed by atoms with van der Waals surface area (Å²) in [5.41, 5.74) is 1.15. The van der Waals surface area contributed by atoms with Gasteiger partial charge in [0, 0.05) is 5.56 Å². The zero-order valence-corrected chi connectivity index (χ0v) is 13.0. The fourth-order valence-corrected chi connectivity index (χ4v) is 2.80. The normalized spacial score (nSPS) is 20.7. The molecule has 9 heteroatoms. The first-order valence-corrected chi connectivity index (χ1v) is 7.78. The molecule has 0 bridgehead atoms. The predicted octanol–water partition coefficient (Wildman–Crippen LogP) is 1.73. The lowest BCUT2D eigenvalue weighted by Crippen LogP contribution is -2.33. The summed E-state index contributed by atoms with van der Waals surface area (Å²) in [7, 11) is 0. The fraction of sp³-hybridized carbons (Fsp3) is 0.467. The van der Waals surface area contributed by atoms with Crippen molar-refractivity contribution in [1.29, 1.82) is 5.26 Å². The molecule has 1 saturated carbocycles. The average molecular weight is 325 g/mol. The second-order valence-electron chi connectivity index (χ2n) is 6.15. The highest BCUT2D eigenvalue weighted by atomic mass is 16.3. The minimum absolute atomic E-state index is 0.139. The van der Waals surface area contributed by atoms with Gasteiger partial charge in [0.05, 0.1) is 35.6 Å². The van der Waals surface area contributed by atoms with Gasteiger partial charge in [0.1, 0.15) is 5.52 Å². The van der Waals surface area contributed by atoms with Crippen molar-refractivity contribution in [2.45, 2.75) is 44.5 Å². The Morgan fingerprint density at radius 1 is 1.46 bits per heavy atom. The Morgan fingerprint density at radius 3 is 2.96 bits per heavy atom. The van der Waals surface area contributed by atoms with Gasteiger partial charge in [-0.25, -0.2) is 9.69 Å². The van der Waals surface area contributed by atoms with Crippen LogP contribution < -0.4 is 5.56 Å². The van der Waals surface area contributed by atoms with Crippen molar-refractivity contribution in [3.63, 3.8) is 0 Å². The molecular formula is C15H15N7O2. The molecule has 24 heavy (non-hydrogen) atoms. The quantitative estimate of drug-likeness (QED) is 0.917. The number of nitriles is 1. The van der Waals surface area contributed by atoms with Gasteiger partial charge in [0.25, 0.3) is 5.56 Å². The third-order valence-electron chi connectivity index (χ3n) is 4.35. The SMILES string of the molecule is CC(CC#N)N1N=Nc2cc3c(=O)n(C4CC4)nnc3cc2C1O. The van der Waals surface area contributed by atoms with Crippen molar-refractivity contribution in [3.05, 3.63) is 28.0 Å². The molecule has 1 N–H and O–H groups in total. The van der Waals surface area contributed by atoms with Crippen LogP contribution in [0.4, 0.5) is 5.69 Å². The molecule has 0 amide bonds. The van der Waals surface area contributed by atoms with E-state index in [-0.39, 0.29) is 24.1 Å². The summed E-state index contributed by atoms with van der Waals surface area (Å²) in [4.78, 5) is 12.5. The van der Waals surface area contributed by atoms with E-state index in [1.807, 2.05) is 6.07 Å². The lowest BCUT2D eigenvalue weighted by atomic mass is 10.1. The summed E-state index contributed by atoms with van der Waals surface area (Å²) in [6, 6.07) is 5.11. The fourth-order valence-electron chi connectivity index (χ4n) is 2.80. The number of nitrogens with zero attached hydrogens (tertiary/aromatic N) is 7. The van der Waals surface area contributed by atoms with Crippen molar-refractivity contribution >= 4 is 16.6 Å². The number of benzene rings is 1. The molecule has 9 nitrogen and oxygen atoms in total. The van der Waals surface area contributed by atoms with Crippen LogP contribution in [0.5, 0.6) is 0 Å². The molecule has 1 fully saturated rings. The maximum absolute atomic E-state index is 12.5. The molecular weight excluding hydrogens is 310 g/mol. The molecule has 2 heterocycles. The summed E-state index contributed by atoms with van der Waals surface area (Å²) in [5, 5.41) is 37.3. The molecule has 2 unspecified atom stereocenters. The topological polar surface area (TPSA) is 120 Å². The second kappa shape index (κ2) is 5.35. The molecule has 0 radical (unpaired) electrons. The maximum Gasteiger partial charge on any atom is 0.277 e. The van der Waals surface area contributed by atoms with Crippen molar-refractivity contribution in [2.24, 2.45) is 10.3 Å². The largest absolute Gasteiger partial charge is 0.368 e. The molecule has 0 saturated heterocycles. The van der Waals surface area contributed by atoms with Gasteiger partial charge in [0.2, 0.25) is 0 Å². The van der Waals surface area contributed by atoms with Crippen molar-refractivity contribution < 1.29 is 5.11 Å². The number of aromatic nitrogens is 3. The number of hydrogen-bond donors (Lipinski definition) is 1. The van der Waals surface area contributed by atoms with E-state index in [1.165, 1.54) is 9.69 Å². The first-order chi connectivity index (χ1) is 11.6. The van der Waals surface area contributed by atoms with Crippen molar-refractivity contribution in [1.82, 2.24) is 20.0 Å². The van der Waals surface area contributed by atoms with E-state index in [0.717, 1.165) is 12.8 Å². The Bertz CT molecular complexity index is 941. The van der Waals surface area contributed by atoms with E-state index in [1.54, 1.807) is 19.1 Å². The molecule has 0 spiro atoms. The average Bonchev–Trinajstić information content (AvgIpc) is 3.40. The number of rotatable bonds is 3. The number of hydrogen-bond acceptors (Lipinski definition) is 8. The van der Waals surface area contributed by atoms with E-state index >= 15 is 0 Å². The highest BCUT2D eigenvalue weighted by Gasteiger charge is 2.30. The second-order valence-corrected chi connectivity index (χ2v) is 6.15. The monoisotopic (exact) mass is 325 g/mol. The highest BCUT2D eigenvalue weighted by molar-refractivity contribution is 5.82. The van der Waals surface area contributed by atoms with Crippen LogP contribution in [0.3, 0.4) is 0 Å². The van der Waals surface area contributed by atoms with E-state index < -0.39 is 6.23 Å². The van der Waals surface area contributed by atoms with Gasteiger partial charge < -0.3 is 5.11 Å². The van der Waals surface area contributed by atoms with Gasteiger partial charge >= 0.3 is 0 Å². The molecule has 2 aromatic rings. The van der Waals surface area contributed by atoms with Crippen LogP contribution in [-0.4, -0.2) is 31.2 Å². The lowest BCUT2D eigenvalue weighted by molar-refractivity contribution is -0.0310. The van der Waals surface area contributed by atoms with Gasteiger partial charge in [-0.05, 0) is 31.9 Å². The van der Waals surface area contributed by atoms with Crippen molar-refractivity contribution in [3.8, 4) is 6.07 Å². The van der Waals surface area contributed by atoms with Gasteiger partial charge in [-0.2, -0.15) is 5.26 Å². The number of aliphatic hydroxyl groups is 1. The molecule has 1 aliphatic heterocycles. The Morgan fingerprint density at radius 2 is 2.25 bits per heavy atom. The minimum Gasteiger partial charge on any atom is -0.368 e. The van der Waals surface area contributed by atoms with E-state index in [9.17, 15) is 9.90 Å². The molecule has 1 aromatic heterocycles. The Balaban J connectivity index is 1.80. The first kappa shape index (κ1) is 14.7. The standard InChI is InChI=1S/C15H15N7O2/c1-8(4-5-16)21-14(23)10-6-13-11(7-12(10)17-19-21)15(24)22(20-18-13)9-2-3-9/h6-9,14,23H,2-4H2,1H3. The molecule has 1 aromatic carbocycles. The van der Waals surface area contributed by atoms with Crippen molar-refractivity contribution in [2.75, 3.05) is 0 Å². The van der Waals surface area contributed by atoms with Crippen LogP contribution in [0.1, 0.15) is 44.0 Å². The van der Waals surface area contributed by atoms with Crippen LogP contribution in [-0.2, 0) is 0 Å². The van der Waals surface area contributed by atoms with Crippen LogP contribution >= 0.6 is 0 Å². The van der Waals surface area contributed by atoms with Gasteiger partial charge in [-0.15, -0.1) is 10.2 Å². The maximum atomic E-state index is 12.5. The molecule has 1 aliphatic carbocycles. The zero-order chi connectivity index (χ0) is 16.8. The highest BCUT2D eigenvalue weighted by Crippen LogP contribution is 2.37. The molecule has 4 rings (SSSR count). The van der Waals surface area contributed by atoms with E-state index in [2.05, 4.69) is 20.6 Å². The van der Waals surface area contributed by atoms with E-state index in [0.29, 0.717) is 22.2 Å². The number of aliphatic hydroxyl groups excluding tert-OH is 1. The smallest absolute Gasteiger partial charge is 0.277 e. The molecule has 2 atom stereocenters. The zero-order valence-electron chi connectivity index (χ0n) is 13.0. The van der Waals surface area contributed by atoms with Crippen LogP contribution in [0.25, 0.3) is 10.9 Å². The molecule has 2 aliphatic rings. The predicted molar refractivity (Wildman–Crippen MR) is 83.1 cm³/mol. The van der Waals surface area contributed by atoms with Gasteiger partial charge in [0.15, 0.2) is 6.23 Å². The summed E-state index contributed by atoms with van der Waals surface area (Å²) in [6.07, 6.45) is 1.05. The Kier molecular flexibility index (Phi) is 3.28. The summed E-state index contributed by atoms with van der Waals surface area (Å²) in [6.45, 7) is 1.78. The van der Waals surface area contributed by atoms with E-state index in [4.69, 9.17) is 5.26 Å². The van der Waals surface area contributed by atoms with Gasteiger partial charge in [-0.1, -0.05) is 10.4 Å². The Labute approximate surface area is 136 Å². The van der Waals surface area contributed by atoms with Crippen LogP contribution in [0, 0.1) is 11.3 Å².